The van der Waals surface area contributed by atoms with Crippen molar-refractivity contribution in [2.45, 2.75) is 6.92 Å². The van der Waals surface area contributed by atoms with Crippen LogP contribution in [0.2, 0.25) is 0 Å². The van der Waals surface area contributed by atoms with Gasteiger partial charge in [-0.05, 0) is 12.1 Å². The molecule has 2 N–H and O–H groups in total. The minimum atomic E-state index is -0.181. The van der Waals surface area contributed by atoms with E-state index in [2.05, 4.69) is 10.1 Å². The molecule has 0 unspecified atom stereocenters. The Kier molecular flexibility index (Phi) is 6.07. The van der Waals surface area contributed by atoms with Crippen LogP contribution in [0, 0.1) is 0 Å². The molecule has 0 bridgehead atoms. The summed E-state index contributed by atoms with van der Waals surface area (Å²) in [5, 5.41) is 5.04. The summed E-state index contributed by atoms with van der Waals surface area (Å²) in [6, 6.07) is 3.56. The van der Waals surface area contributed by atoms with Crippen molar-refractivity contribution in [2.24, 2.45) is 0 Å². The lowest BCUT2D eigenvalue weighted by Crippen LogP contribution is -2.49. The molecule has 12 heteroatoms. The molecular formula is C22H27N9O3. The largest absolute Gasteiger partial charge is 0.384 e. The number of aromatic nitrogens is 5. The van der Waals surface area contributed by atoms with Crippen molar-refractivity contribution >= 4 is 34.6 Å². The van der Waals surface area contributed by atoms with E-state index in [0.717, 1.165) is 5.56 Å². The number of piperazine rings is 1. The van der Waals surface area contributed by atoms with Crippen molar-refractivity contribution in [3.05, 3.63) is 24.5 Å². The Balaban J connectivity index is 1.48. The van der Waals surface area contributed by atoms with E-state index in [1.165, 1.54) is 4.68 Å². The molecule has 5 heterocycles. The lowest BCUT2D eigenvalue weighted by Gasteiger charge is -2.33. The van der Waals surface area contributed by atoms with Crippen molar-refractivity contribution in [2.75, 3.05) is 69.7 Å². The van der Waals surface area contributed by atoms with Crippen molar-refractivity contribution in [3.63, 3.8) is 0 Å². The monoisotopic (exact) mass is 465 g/mol. The van der Waals surface area contributed by atoms with E-state index in [9.17, 15) is 9.59 Å². The Morgan fingerprint density at radius 3 is 2.47 bits per heavy atom. The highest BCUT2D eigenvalue weighted by atomic mass is 16.5. The zero-order chi connectivity index (χ0) is 23.7. The number of pyridine rings is 1. The van der Waals surface area contributed by atoms with Crippen LogP contribution in [0.4, 0.5) is 11.8 Å². The van der Waals surface area contributed by atoms with Gasteiger partial charge in [0.05, 0.1) is 37.0 Å². The third-order valence-electron chi connectivity index (χ3n) is 6.18. The number of rotatable bonds is 4. The fourth-order valence-corrected chi connectivity index (χ4v) is 4.23. The first-order chi connectivity index (χ1) is 16.5. The molecule has 178 valence electrons. The van der Waals surface area contributed by atoms with Gasteiger partial charge in [-0.25, -0.2) is 9.97 Å². The Labute approximate surface area is 196 Å². The van der Waals surface area contributed by atoms with E-state index in [-0.39, 0.29) is 18.4 Å². The minimum Gasteiger partial charge on any atom is -0.384 e. The highest BCUT2D eigenvalue weighted by Crippen LogP contribution is 2.28. The molecule has 3 aromatic heterocycles. The smallest absolute Gasteiger partial charge is 0.263 e. The highest BCUT2D eigenvalue weighted by molar-refractivity contribution is 5.96. The summed E-state index contributed by atoms with van der Waals surface area (Å²) in [6.45, 7) is 6.76. The van der Waals surface area contributed by atoms with Crippen molar-refractivity contribution < 1.29 is 14.3 Å². The van der Waals surface area contributed by atoms with Gasteiger partial charge in [-0.1, -0.05) is 0 Å². The van der Waals surface area contributed by atoms with Gasteiger partial charge in [0.15, 0.2) is 5.65 Å². The predicted octanol–water partition coefficient (Wildman–Crippen LogP) is 0.111. The Morgan fingerprint density at radius 2 is 1.79 bits per heavy atom. The minimum absolute atomic E-state index is 0.0566. The van der Waals surface area contributed by atoms with Gasteiger partial charge in [0.25, 0.3) is 5.91 Å². The molecule has 0 atom stereocenters. The van der Waals surface area contributed by atoms with E-state index < -0.39 is 0 Å². The molecule has 12 nitrogen and oxygen atoms in total. The van der Waals surface area contributed by atoms with E-state index in [4.69, 9.17) is 20.4 Å². The van der Waals surface area contributed by atoms with Crippen molar-refractivity contribution in [1.82, 2.24) is 34.5 Å². The van der Waals surface area contributed by atoms with Crippen molar-refractivity contribution in [1.29, 1.82) is 0 Å². The van der Waals surface area contributed by atoms with Crippen LogP contribution in [0.3, 0.4) is 0 Å². The molecule has 0 radical (unpaired) electrons. The van der Waals surface area contributed by atoms with E-state index in [0.29, 0.717) is 81.0 Å². The normalized spacial score (nSPS) is 17.3. The molecule has 2 fully saturated rings. The molecule has 0 spiro atoms. The maximum absolute atomic E-state index is 13.2. The predicted molar refractivity (Wildman–Crippen MR) is 125 cm³/mol. The Morgan fingerprint density at radius 1 is 1.03 bits per heavy atom. The second-order valence-corrected chi connectivity index (χ2v) is 8.41. The van der Waals surface area contributed by atoms with Crippen LogP contribution in [0.15, 0.2) is 24.5 Å². The second-order valence-electron chi connectivity index (χ2n) is 8.41. The van der Waals surface area contributed by atoms with Gasteiger partial charge in [-0.15, -0.1) is 0 Å². The average Bonchev–Trinajstić information content (AvgIpc) is 3.29. The number of carbonyl (C=O) groups excluding carboxylic acids is 2. The first-order valence-electron chi connectivity index (χ1n) is 11.3. The number of hydrogen-bond donors (Lipinski definition) is 1. The van der Waals surface area contributed by atoms with Crippen LogP contribution >= 0.6 is 0 Å². The average molecular weight is 466 g/mol. The summed E-state index contributed by atoms with van der Waals surface area (Å²) >= 11 is 0. The standard InChI is InChI=1S/C22H27N9O3/c1-15(32)29-6-4-28(5-7-29)14-19(33)31-21-17(13-25-31)20(16-2-3-18(23)24-12-16)26-22(27-21)30-8-10-34-11-9-30/h2-3,12-13H,4-11,14H2,1H3,(H2,23,24). The van der Waals surface area contributed by atoms with Gasteiger partial charge in [0.1, 0.15) is 5.82 Å². The zero-order valence-electron chi connectivity index (χ0n) is 19.1. The van der Waals surface area contributed by atoms with Crippen LogP contribution in [-0.2, 0) is 9.53 Å². The molecular weight excluding hydrogens is 438 g/mol. The molecule has 0 saturated carbocycles. The van der Waals surface area contributed by atoms with Gasteiger partial charge in [0.2, 0.25) is 11.9 Å². The summed E-state index contributed by atoms with van der Waals surface area (Å²) in [6.07, 6.45) is 3.28. The quantitative estimate of drug-likeness (QED) is 0.565. The number of carbonyl (C=O) groups is 2. The number of hydrogen-bond acceptors (Lipinski definition) is 10. The summed E-state index contributed by atoms with van der Waals surface area (Å²) in [7, 11) is 0. The Bertz CT molecular complexity index is 1200. The molecule has 1 amide bonds. The molecule has 2 saturated heterocycles. The number of fused-ring (bicyclic) bond motifs is 1. The first kappa shape index (κ1) is 22.2. The second kappa shape index (κ2) is 9.31. The Hall–Kier alpha value is -3.64. The lowest BCUT2D eigenvalue weighted by atomic mass is 10.1. The van der Waals surface area contributed by atoms with E-state index in [1.54, 1.807) is 30.3 Å². The van der Waals surface area contributed by atoms with Gasteiger partial charge >= 0.3 is 0 Å². The number of anilines is 2. The number of nitrogens with two attached hydrogens (primary N) is 1. The van der Waals surface area contributed by atoms with E-state index in [1.807, 2.05) is 15.9 Å². The molecule has 0 aromatic carbocycles. The third-order valence-corrected chi connectivity index (χ3v) is 6.18. The summed E-state index contributed by atoms with van der Waals surface area (Å²) < 4.78 is 6.82. The van der Waals surface area contributed by atoms with Gasteiger partial charge in [0, 0.05) is 58.0 Å². The lowest BCUT2D eigenvalue weighted by molar-refractivity contribution is -0.130. The molecule has 2 aliphatic rings. The maximum Gasteiger partial charge on any atom is 0.263 e. The summed E-state index contributed by atoms with van der Waals surface area (Å²) in [4.78, 5) is 44.4. The van der Waals surface area contributed by atoms with Gasteiger partial charge in [-0.2, -0.15) is 14.8 Å². The first-order valence-corrected chi connectivity index (χ1v) is 11.3. The molecule has 34 heavy (non-hydrogen) atoms. The van der Waals surface area contributed by atoms with Gasteiger partial charge < -0.3 is 20.3 Å². The number of ether oxygens (including phenoxy) is 1. The van der Waals surface area contributed by atoms with Crippen LogP contribution in [0.25, 0.3) is 22.3 Å². The summed E-state index contributed by atoms with van der Waals surface area (Å²) in [5.41, 5.74) is 7.64. The molecule has 3 aromatic rings. The number of nitrogen functional groups attached to an aromatic ring is 1. The number of morpholine rings is 1. The highest BCUT2D eigenvalue weighted by Gasteiger charge is 2.25. The third kappa shape index (κ3) is 4.41. The maximum atomic E-state index is 13.2. The van der Waals surface area contributed by atoms with Crippen molar-refractivity contribution in [3.8, 4) is 11.3 Å². The van der Waals surface area contributed by atoms with Crippen LogP contribution in [0.1, 0.15) is 11.7 Å². The molecule has 5 rings (SSSR count). The fraction of sp³-hybridized carbons (Fsp3) is 0.455. The van der Waals surface area contributed by atoms with Gasteiger partial charge in [-0.3, -0.25) is 14.5 Å². The summed E-state index contributed by atoms with van der Waals surface area (Å²) in [5.74, 6) is 0.811. The molecule has 0 aliphatic carbocycles. The topological polar surface area (TPSA) is 136 Å². The van der Waals surface area contributed by atoms with Crippen LogP contribution in [-0.4, -0.2) is 105 Å². The van der Waals surface area contributed by atoms with E-state index >= 15 is 0 Å². The van der Waals surface area contributed by atoms with Crippen LogP contribution < -0.4 is 10.6 Å². The number of amides is 1. The zero-order valence-corrected chi connectivity index (χ0v) is 19.1. The fourth-order valence-electron chi connectivity index (χ4n) is 4.23. The molecule has 2 aliphatic heterocycles. The van der Waals surface area contributed by atoms with Crippen LogP contribution in [0.5, 0.6) is 0 Å². The number of nitrogens with zero attached hydrogens (tertiary/aromatic N) is 8. The SMILES string of the molecule is CC(=O)N1CCN(CC(=O)n2ncc3c(-c4ccc(N)nc4)nc(N4CCOCC4)nc32)CC1.